The standard InChI is InChI=1S/C12H21O3/c1-9(2)15-12(10-5-3-7-13-10)11-6-4-8-14-11/h10-12H,3-8H2,1-2H3. The smallest absolute Gasteiger partial charge is 0.111 e. The largest absolute Gasteiger partial charge is 0.375 e. The Labute approximate surface area is 92.1 Å². The first kappa shape index (κ1) is 11.4. The van der Waals surface area contributed by atoms with Crippen LogP contribution in [0.2, 0.25) is 0 Å². The summed E-state index contributed by atoms with van der Waals surface area (Å²) in [6.07, 6.45) is 6.12. The van der Waals surface area contributed by atoms with Crippen molar-refractivity contribution in [2.24, 2.45) is 0 Å². The summed E-state index contributed by atoms with van der Waals surface area (Å²) in [6.45, 7) is 5.74. The Morgan fingerprint density at radius 2 is 1.60 bits per heavy atom. The molecular formula is C12H21O3. The minimum absolute atomic E-state index is 0.111. The Morgan fingerprint density at radius 3 is 1.93 bits per heavy atom. The molecule has 0 saturated carbocycles. The Morgan fingerprint density at radius 1 is 1.07 bits per heavy atom. The van der Waals surface area contributed by atoms with Crippen molar-refractivity contribution in [1.82, 2.24) is 0 Å². The topological polar surface area (TPSA) is 27.7 Å². The third kappa shape index (κ3) is 2.92. The third-order valence-electron chi connectivity index (χ3n) is 3.03. The van der Waals surface area contributed by atoms with E-state index in [1.807, 2.05) is 13.8 Å². The van der Waals surface area contributed by atoms with Crippen molar-refractivity contribution in [3.05, 3.63) is 6.10 Å². The summed E-state index contributed by atoms with van der Waals surface area (Å²) in [5.41, 5.74) is 0. The van der Waals surface area contributed by atoms with Gasteiger partial charge in [0.05, 0.1) is 18.3 Å². The molecule has 0 aromatic carbocycles. The van der Waals surface area contributed by atoms with E-state index in [1.165, 1.54) is 0 Å². The first-order chi connectivity index (χ1) is 7.27. The predicted octanol–water partition coefficient (Wildman–Crippen LogP) is 2.30. The average molecular weight is 213 g/mol. The van der Waals surface area contributed by atoms with Gasteiger partial charge in [-0.05, 0) is 39.5 Å². The molecule has 0 N–H and O–H groups in total. The molecule has 0 aromatic rings. The van der Waals surface area contributed by atoms with Crippen molar-refractivity contribution in [2.45, 2.75) is 57.8 Å². The first-order valence-electron chi connectivity index (χ1n) is 5.97. The molecule has 0 aliphatic carbocycles. The summed E-state index contributed by atoms with van der Waals surface area (Å²) < 4.78 is 17.3. The molecule has 2 aliphatic rings. The Kier molecular flexibility index (Phi) is 4.00. The molecule has 2 atom stereocenters. The Hall–Kier alpha value is -0.120. The second-order valence-corrected chi connectivity index (χ2v) is 4.59. The number of hydrogen-bond donors (Lipinski definition) is 0. The number of rotatable bonds is 4. The lowest BCUT2D eigenvalue weighted by molar-refractivity contribution is -0.103. The molecule has 3 heteroatoms. The predicted molar refractivity (Wildman–Crippen MR) is 57.4 cm³/mol. The van der Waals surface area contributed by atoms with Crippen LogP contribution in [-0.2, 0) is 14.2 Å². The average Bonchev–Trinajstić information content (AvgIpc) is 2.87. The SMILES string of the molecule is C[C](C)OC(C1CCCO1)C1CCCO1. The van der Waals surface area contributed by atoms with Gasteiger partial charge in [0.2, 0.25) is 0 Å². The molecular weight excluding hydrogens is 192 g/mol. The van der Waals surface area contributed by atoms with Crippen LogP contribution in [0.5, 0.6) is 0 Å². The van der Waals surface area contributed by atoms with Crippen LogP contribution in [0.15, 0.2) is 0 Å². The molecule has 0 aromatic heterocycles. The van der Waals surface area contributed by atoms with Crippen LogP contribution in [0, 0.1) is 6.10 Å². The van der Waals surface area contributed by atoms with Crippen LogP contribution < -0.4 is 0 Å². The normalized spacial score (nSPS) is 33.8. The second-order valence-electron chi connectivity index (χ2n) is 4.59. The minimum Gasteiger partial charge on any atom is -0.375 e. The third-order valence-corrected chi connectivity index (χ3v) is 3.03. The van der Waals surface area contributed by atoms with E-state index in [4.69, 9.17) is 14.2 Å². The number of hydrogen-bond acceptors (Lipinski definition) is 3. The van der Waals surface area contributed by atoms with Gasteiger partial charge < -0.3 is 14.2 Å². The van der Waals surface area contributed by atoms with Gasteiger partial charge in [0.15, 0.2) is 0 Å². The van der Waals surface area contributed by atoms with Gasteiger partial charge in [-0.2, -0.15) is 0 Å². The molecule has 1 radical (unpaired) electrons. The monoisotopic (exact) mass is 213 g/mol. The Bertz CT molecular complexity index is 165. The zero-order valence-corrected chi connectivity index (χ0v) is 9.70. The summed E-state index contributed by atoms with van der Waals surface area (Å²) in [5.74, 6) is 0. The minimum atomic E-state index is 0.111. The van der Waals surface area contributed by atoms with E-state index in [0.717, 1.165) is 45.0 Å². The van der Waals surface area contributed by atoms with Crippen LogP contribution in [0.25, 0.3) is 0 Å². The van der Waals surface area contributed by atoms with E-state index in [2.05, 4.69) is 0 Å². The van der Waals surface area contributed by atoms with E-state index >= 15 is 0 Å². The van der Waals surface area contributed by atoms with Crippen molar-refractivity contribution in [3.63, 3.8) is 0 Å². The van der Waals surface area contributed by atoms with Crippen molar-refractivity contribution in [1.29, 1.82) is 0 Å². The van der Waals surface area contributed by atoms with Crippen LogP contribution in [0.4, 0.5) is 0 Å². The highest BCUT2D eigenvalue weighted by atomic mass is 16.6. The fourth-order valence-electron chi connectivity index (χ4n) is 2.39. The molecule has 0 bridgehead atoms. The number of ether oxygens (including phenoxy) is 3. The quantitative estimate of drug-likeness (QED) is 0.717. The van der Waals surface area contributed by atoms with E-state index in [-0.39, 0.29) is 18.3 Å². The van der Waals surface area contributed by atoms with Crippen molar-refractivity contribution < 1.29 is 14.2 Å². The fourth-order valence-corrected chi connectivity index (χ4v) is 2.39. The molecule has 3 nitrogen and oxygen atoms in total. The zero-order chi connectivity index (χ0) is 10.7. The summed E-state index contributed by atoms with van der Waals surface area (Å²) in [7, 11) is 0. The van der Waals surface area contributed by atoms with Gasteiger partial charge in [-0.25, -0.2) is 0 Å². The molecule has 15 heavy (non-hydrogen) atoms. The van der Waals surface area contributed by atoms with E-state index < -0.39 is 0 Å². The van der Waals surface area contributed by atoms with Gasteiger partial charge in [0, 0.05) is 13.2 Å². The van der Waals surface area contributed by atoms with Gasteiger partial charge in [-0.15, -0.1) is 0 Å². The lowest BCUT2D eigenvalue weighted by Crippen LogP contribution is -2.39. The molecule has 0 spiro atoms. The van der Waals surface area contributed by atoms with Gasteiger partial charge >= 0.3 is 0 Å². The molecule has 0 amide bonds. The molecule has 2 unspecified atom stereocenters. The maximum absolute atomic E-state index is 5.88. The summed E-state index contributed by atoms with van der Waals surface area (Å²) in [5, 5.41) is 0. The molecule has 2 fully saturated rings. The van der Waals surface area contributed by atoms with E-state index in [9.17, 15) is 0 Å². The highest BCUT2D eigenvalue weighted by Gasteiger charge is 2.36. The lowest BCUT2D eigenvalue weighted by atomic mass is 10.0. The highest BCUT2D eigenvalue weighted by Crippen LogP contribution is 2.28. The fraction of sp³-hybridized carbons (Fsp3) is 0.917. The summed E-state index contributed by atoms with van der Waals surface area (Å²) in [6, 6.07) is 0. The highest BCUT2D eigenvalue weighted by molar-refractivity contribution is 4.87. The van der Waals surface area contributed by atoms with E-state index in [0.29, 0.717) is 0 Å². The van der Waals surface area contributed by atoms with Gasteiger partial charge in [-0.1, -0.05) is 0 Å². The molecule has 87 valence electrons. The van der Waals surface area contributed by atoms with Crippen molar-refractivity contribution in [3.8, 4) is 0 Å². The van der Waals surface area contributed by atoms with Crippen LogP contribution in [0.1, 0.15) is 39.5 Å². The Balaban J connectivity index is 1.94. The lowest BCUT2D eigenvalue weighted by Gasteiger charge is -2.29. The molecule has 2 heterocycles. The van der Waals surface area contributed by atoms with Crippen LogP contribution in [0.3, 0.4) is 0 Å². The van der Waals surface area contributed by atoms with Gasteiger partial charge in [0.25, 0.3) is 0 Å². The van der Waals surface area contributed by atoms with Gasteiger partial charge in [0.1, 0.15) is 6.10 Å². The maximum atomic E-state index is 5.88. The van der Waals surface area contributed by atoms with E-state index in [1.54, 1.807) is 0 Å². The van der Waals surface area contributed by atoms with Gasteiger partial charge in [-0.3, -0.25) is 0 Å². The zero-order valence-electron chi connectivity index (χ0n) is 9.70. The van der Waals surface area contributed by atoms with Crippen LogP contribution in [-0.4, -0.2) is 31.5 Å². The maximum Gasteiger partial charge on any atom is 0.111 e. The molecule has 2 rings (SSSR count). The van der Waals surface area contributed by atoms with Crippen molar-refractivity contribution in [2.75, 3.05) is 13.2 Å². The van der Waals surface area contributed by atoms with Crippen LogP contribution >= 0.6 is 0 Å². The molecule has 2 aliphatic heterocycles. The summed E-state index contributed by atoms with van der Waals surface area (Å²) >= 11 is 0. The summed E-state index contributed by atoms with van der Waals surface area (Å²) in [4.78, 5) is 0. The second kappa shape index (κ2) is 5.28. The first-order valence-corrected chi connectivity index (χ1v) is 5.97. The van der Waals surface area contributed by atoms with Crippen molar-refractivity contribution >= 4 is 0 Å². The molecule has 2 saturated heterocycles.